The summed E-state index contributed by atoms with van der Waals surface area (Å²) in [6, 6.07) is 1.82. The number of hydrogen-bond donors (Lipinski definition) is 3. The van der Waals surface area contributed by atoms with Gasteiger partial charge in [0.1, 0.15) is 11.7 Å². The third-order valence-electron chi connectivity index (χ3n) is 2.23. The van der Waals surface area contributed by atoms with Crippen molar-refractivity contribution in [2.45, 2.75) is 13.0 Å². The van der Waals surface area contributed by atoms with Crippen LogP contribution in [0.3, 0.4) is 0 Å². The Kier molecular flexibility index (Phi) is 4.36. The number of carboxylic acids is 1. The first kappa shape index (κ1) is 13.6. The van der Waals surface area contributed by atoms with E-state index in [-0.39, 0.29) is 17.2 Å². The number of pyridine rings is 1. The van der Waals surface area contributed by atoms with Crippen molar-refractivity contribution in [1.82, 2.24) is 15.6 Å². The summed E-state index contributed by atoms with van der Waals surface area (Å²) in [5.41, 5.74) is -0.0894. The standard InChI is InChI=1S/C11H13N3O4/c1-6(9(15)12-2)14-10(16)7-3-4-13-8(5-7)11(17)18/h3-6H,1-2H3,(H,12,15)(H,14,16)(H,17,18). The van der Waals surface area contributed by atoms with Crippen LogP contribution in [0.4, 0.5) is 0 Å². The van der Waals surface area contributed by atoms with E-state index in [9.17, 15) is 14.4 Å². The number of rotatable bonds is 4. The van der Waals surface area contributed by atoms with Gasteiger partial charge in [0.2, 0.25) is 5.91 Å². The minimum absolute atomic E-state index is 0.137. The Labute approximate surface area is 103 Å². The van der Waals surface area contributed by atoms with Gasteiger partial charge in [-0.2, -0.15) is 0 Å². The maximum atomic E-state index is 11.7. The molecule has 0 fully saturated rings. The normalized spacial score (nSPS) is 11.4. The first-order chi connectivity index (χ1) is 8.45. The molecule has 0 aliphatic heterocycles. The van der Waals surface area contributed by atoms with E-state index in [1.165, 1.54) is 26.2 Å². The molecule has 1 unspecified atom stereocenters. The molecular formula is C11H13N3O4. The minimum Gasteiger partial charge on any atom is -0.477 e. The Morgan fingerprint density at radius 2 is 2.06 bits per heavy atom. The van der Waals surface area contributed by atoms with Crippen molar-refractivity contribution in [2.75, 3.05) is 7.05 Å². The minimum atomic E-state index is -1.22. The van der Waals surface area contributed by atoms with E-state index in [0.717, 1.165) is 6.07 Å². The summed E-state index contributed by atoms with van der Waals surface area (Å²) in [5.74, 6) is -2.09. The molecular weight excluding hydrogens is 238 g/mol. The molecule has 96 valence electrons. The summed E-state index contributed by atoms with van der Waals surface area (Å²) >= 11 is 0. The molecule has 1 atom stereocenters. The molecule has 1 rings (SSSR count). The molecule has 0 bridgehead atoms. The Morgan fingerprint density at radius 1 is 1.39 bits per heavy atom. The van der Waals surface area contributed by atoms with Crippen LogP contribution in [0.5, 0.6) is 0 Å². The molecule has 1 aromatic heterocycles. The lowest BCUT2D eigenvalue weighted by Crippen LogP contribution is -2.43. The molecule has 0 spiro atoms. The van der Waals surface area contributed by atoms with Gasteiger partial charge in [-0.05, 0) is 19.1 Å². The Bertz CT molecular complexity index is 487. The molecule has 0 aromatic carbocycles. The van der Waals surface area contributed by atoms with Crippen LogP contribution in [0.1, 0.15) is 27.8 Å². The first-order valence-electron chi connectivity index (χ1n) is 5.17. The van der Waals surface area contributed by atoms with Crippen LogP contribution in [0.2, 0.25) is 0 Å². The quantitative estimate of drug-likeness (QED) is 0.677. The molecule has 7 heteroatoms. The van der Waals surface area contributed by atoms with Gasteiger partial charge in [0.25, 0.3) is 5.91 Å². The number of nitrogens with zero attached hydrogens (tertiary/aromatic N) is 1. The van der Waals surface area contributed by atoms with E-state index in [1.54, 1.807) is 0 Å². The molecule has 1 heterocycles. The van der Waals surface area contributed by atoms with Crippen LogP contribution < -0.4 is 10.6 Å². The van der Waals surface area contributed by atoms with Gasteiger partial charge < -0.3 is 15.7 Å². The average Bonchev–Trinajstić information content (AvgIpc) is 2.37. The van der Waals surface area contributed by atoms with E-state index in [0.29, 0.717) is 0 Å². The molecule has 7 nitrogen and oxygen atoms in total. The van der Waals surface area contributed by atoms with Crippen molar-refractivity contribution in [1.29, 1.82) is 0 Å². The van der Waals surface area contributed by atoms with Crippen molar-refractivity contribution >= 4 is 17.8 Å². The van der Waals surface area contributed by atoms with Crippen molar-refractivity contribution in [3.05, 3.63) is 29.6 Å². The number of amides is 2. The Morgan fingerprint density at radius 3 is 2.61 bits per heavy atom. The number of likely N-dealkylation sites (N-methyl/N-ethyl adjacent to an activating group) is 1. The molecule has 2 amide bonds. The zero-order chi connectivity index (χ0) is 13.7. The molecule has 0 saturated heterocycles. The average molecular weight is 251 g/mol. The first-order valence-corrected chi connectivity index (χ1v) is 5.17. The third-order valence-corrected chi connectivity index (χ3v) is 2.23. The molecule has 0 saturated carbocycles. The molecule has 0 radical (unpaired) electrons. The highest BCUT2D eigenvalue weighted by atomic mass is 16.4. The smallest absolute Gasteiger partial charge is 0.354 e. The van der Waals surface area contributed by atoms with Gasteiger partial charge in [-0.3, -0.25) is 9.59 Å². The van der Waals surface area contributed by atoms with Crippen molar-refractivity contribution in [3.8, 4) is 0 Å². The summed E-state index contributed by atoms with van der Waals surface area (Å²) < 4.78 is 0. The van der Waals surface area contributed by atoms with Crippen LogP contribution in [0, 0.1) is 0 Å². The van der Waals surface area contributed by atoms with Gasteiger partial charge in [0.05, 0.1) is 0 Å². The Hall–Kier alpha value is -2.44. The lowest BCUT2D eigenvalue weighted by molar-refractivity contribution is -0.122. The number of aromatic carboxylic acids is 1. The van der Waals surface area contributed by atoms with Gasteiger partial charge in [0, 0.05) is 18.8 Å². The van der Waals surface area contributed by atoms with Gasteiger partial charge >= 0.3 is 5.97 Å². The molecule has 0 aliphatic rings. The van der Waals surface area contributed by atoms with Gasteiger partial charge in [-0.15, -0.1) is 0 Å². The maximum Gasteiger partial charge on any atom is 0.354 e. The second-order valence-corrected chi connectivity index (χ2v) is 3.54. The fourth-order valence-electron chi connectivity index (χ4n) is 1.25. The molecule has 18 heavy (non-hydrogen) atoms. The summed E-state index contributed by atoms with van der Waals surface area (Å²) in [7, 11) is 1.46. The number of hydrogen-bond acceptors (Lipinski definition) is 4. The topological polar surface area (TPSA) is 108 Å². The fourth-order valence-corrected chi connectivity index (χ4v) is 1.25. The fraction of sp³-hybridized carbons (Fsp3) is 0.273. The second kappa shape index (κ2) is 5.76. The molecule has 3 N–H and O–H groups in total. The zero-order valence-corrected chi connectivity index (χ0v) is 9.93. The van der Waals surface area contributed by atoms with Gasteiger partial charge in [0.15, 0.2) is 0 Å². The van der Waals surface area contributed by atoms with E-state index in [1.807, 2.05) is 0 Å². The van der Waals surface area contributed by atoms with E-state index in [4.69, 9.17) is 5.11 Å². The highest BCUT2D eigenvalue weighted by Gasteiger charge is 2.16. The molecule has 0 aliphatic carbocycles. The monoisotopic (exact) mass is 251 g/mol. The number of carbonyl (C=O) groups excluding carboxylic acids is 2. The summed E-state index contributed by atoms with van der Waals surface area (Å²) in [6.07, 6.45) is 1.23. The number of nitrogens with one attached hydrogen (secondary N) is 2. The van der Waals surface area contributed by atoms with Gasteiger partial charge in [-0.25, -0.2) is 9.78 Å². The second-order valence-electron chi connectivity index (χ2n) is 3.54. The maximum absolute atomic E-state index is 11.7. The van der Waals surface area contributed by atoms with E-state index < -0.39 is 17.9 Å². The predicted octanol–water partition coefficient (Wildman–Crippen LogP) is -0.356. The van der Waals surface area contributed by atoms with Crippen LogP contribution >= 0.6 is 0 Å². The number of carbonyl (C=O) groups is 3. The van der Waals surface area contributed by atoms with E-state index >= 15 is 0 Å². The van der Waals surface area contributed by atoms with Crippen molar-refractivity contribution in [2.24, 2.45) is 0 Å². The van der Waals surface area contributed by atoms with Crippen LogP contribution in [-0.4, -0.2) is 41.0 Å². The van der Waals surface area contributed by atoms with Gasteiger partial charge in [-0.1, -0.05) is 0 Å². The van der Waals surface area contributed by atoms with Crippen molar-refractivity contribution in [3.63, 3.8) is 0 Å². The number of carboxylic acid groups (broad SMARTS) is 1. The number of aromatic nitrogens is 1. The highest BCUT2D eigenvalue weighted by molar-refractivity contribution is 5.98. The molecule has 1 aromatic rings. The third kappa shape index (κ3) is 3.27. The summed E-state index contributed by atoms with van der Waals surface area (Å²) in [4.78, 5) is 37.2. The van der Waals surface area contributed by atoms with Crippen LogP contribution in [0.25, 0.3) is 0 Å². The lowest BCUT2D eigenvalue weighted by atomic mass is 10.2. The zero-order valence-electron chi connectivity index (χ0n) is 9.93. The summed E-state index contributed by atoms with van der Waals surface area (Å²) in [5, 5.41) is 13.6. The van der Waals surface area contributed by atoms with E-state index in [2.05, 4.69) is 15.6 Å². The Balaban J connectivity index is 2.81. The lowest BCUT2D eigenvalue weighted by Gasteiger charge is -2.12. The predicted molar refractivity (Wildman–Crippen MR) is 62.2 cm³/mol. The SMILES string of the molecule is CNC(=O)C(C)NC(=O)c1ccnc(C(=O)O)c1. The van der Waals surface area contributed by atoms with Crippen molar-refractivity contribution < 1.29 is 19.5 Å². The summed E-state index contributed by atoms with van der Waals surface area (Å²) in [6.45, 7) is 1.52. The highest BCUT2D eigenvalue weighted by Crippen LogP contribution is 2.02. The van der Waals surface area contributed by atoms with Crippen LogP contribution in [-0.2, 0) is 4.79 Å². The largest absolute Gasteiger partial charge is 0.477 e. The van der Waals surface area contributed by atoms with Crippen LogP contribution in [0.15, 0.2) is 18.3 Å².